The molecule has 5 nitrogen and oxygen atoms in total. The normalized spacial score (nSPS) is 14.1. The zero-order chi connectivity index (χ0) is 16.0. The lowest BCUT2D eigenvalue weighted by Gasteiger charge is -2.35. The maximum Gasteiger partial charge on any atom is 0.248 e. The largest absolute Gasteiger partial charge is 0.496 e. The second-order valence-corrected chi connectivity index (χ2v) is 7.06. The van der Waals surface area contributed by atoms with E-state index in [0.717, 1.165) is 5.56 Å². The lowest BCUT2D eigenvalue weighted by Crippen LogP contribution is -2.39. The number of rotatable bonds is 8. The molecular formula is C14H25NO4Si2. The highest BCUT2D eigenvalue weighted by molar-refractivity contribution is 6.26. The SMILES string of the molecule is COc1cc(C(N)=O)ccc1C(C)(C)C(O[SiH2]C)O[SiH2]C. The van der Waals surface area contributed by atoms with Gasteiger partial charge in [-0.2, -0.15) is 0 Å². The summed E-state index contributed by atoms with van der Waals surface area (Å²) in [5.74, 6) is 0.160. The molecule has 0 unspecified atom stereocenters. The van der Waals surface area contributed by atoms with Gasteiger partial charge in [-0.25, -0.2) is 0 Å². The van der Waals surface area contributed by atoms with Crippen LogP contribution in [-0.2, 0) is 14.3 Å². The fourth-order valence-corrected chi connectivity index (χ4v) is 4.10. The summed E-state index contributed by atoms with van der Waals surface area (Å²) in [6.07, 6.45) is -0.279. The summed E-state index contributed by atoms with van der Waals surface area (Å²) in [7, 11) is 0.392. The minimum atomic E-state index is -0.595. The second-order valence-electron chi connectivity index (χ2n) is 5.24. The summed E-state index contributed by atoms with van der Waals surface area (Å²) in [4.78, 5) is 11.3. The van der Waals surface area contributed by atoms with Gasteiger partial charge in [0.05, 0.1) is 7.11 Å². The molecule has 0 bridgehead atoms. The Bertz CT molecular complexity index is 488. The average molecular weight is 328 g/mol. The van der Waals surface area contributed by atoms with Crippen LogP contribution < -0.4 is 10.5 Å². The van der Waals surface area contributed by atoms with Gasteiger partial charge in [0.15, 0.2) is 19.5 Å². The van der Waals surface area contributed by atoms with Gasteiger partial charge in [0.2, 0.25) is 5.91 Å². The fraction of sp³-hybridized carbons (Fsp3) is 0.500. The van der Waals surface area contributed by atoms with Crippen molar-refractivity contribution in [3.8, 4) is 5.75 Å². The molecular weight excluding hydrogens is 302 g/mol. The van der Waals surface area contributed by atoms with E-state index in [0.29, 0.717) is 11.3 Å². The Morgan fingerprint density at radius 1 is 1.24 bits per heavy atom. The minimum absolute atomic E-state index is 0.279. The molecule has 118 valence electrons. The first-order valence-electron chi connectivity index (χ1n) is 7.09. The Kier molecular flexibility index (Phi) is 6.59. The summed E-state index contributed by atoms with van der Waals surface area (Å²) in [5, 5.41) is 0. The number of ether oxygens (including phenoxy) is 1. The van der Waals surface area contributed by atoms with Gasteiger partial charge < -0.3 is 19.3 Å². The topological polar surface area (TPSA) is 70.8 Å². The number of carbonyl (C=O) groups excluding carboxylic acids is 1. The standard InChI is InChI=1S/C14H25NO4Si2/c1-14(2,13(18-20-4)19-21-5)10-7-6-9(12(15)16)8-11(10)17-3/h6-8,13H,20-21H2,1-5H3,(H2,15,16). The molecule has 0 saturated heterocycles. The summed E-state index contributed by atoms with van der Waals surface area (Å²) >= 11 is 0. The van der Waals surface area contributed by atoms with Crippen LogP contribution in [0, 0.1) is 0 Å². The van der Waals surface area contributed by atoms with E-state index in [4.69, 9.17) is 19.3 Å². The number of hydrogen-bond acceptors (Lipinski definition) is 4. The zero-order valence-corrected chi connectivity index (χ0v) is 16.3. The molecule has 0 fully saturated rings. The number of amides is 1. The molecule has 21 heavy (non-hydrogen) atoms. The molecule has 1 aromatic carbocycles. The van der Waals surface area contributed by atoms with Crippen LogP contribution in [0.1, 0.15) is 29.8 Å². The van der Waals surface area contributed by atoms with Gasteiger partial charge in [-0.05, 0) is 12.1 Å². The van der Waals surface area contributed by atoms with Gasteiger partial charge in [0.1, 0.15) is 12.0 Å². The maximum atomic E-state index is 11.3. The first kappa shape index (κ1) is 17.9. The van der Waals surface area contributed by atoms with Crippen molar-refractivity contribution in [3.63, 3.8) is 0 Å². The summed E-state index contributed by atoms with van der Waals surface area (Å²) < 4.78 is 17.2. The third-order valence-electron chi connectivity index (χ3n) is 3.41. The predicted octanol–water partition coefficient (Wildman–Crippen LogP) is 0.695. The number of carbonyl (C=O) groups is 1. The highest BCUT2D eigenvalue weighted by Crippen LogP contribution is 2.36. The van der Waals surface area contributed by atoms with Crippen molar-refractivity contribution in [3.05, 3.63) is 29.3 Å². The average Bonchev–Trinajstić information content (AvgIpc) is 2.46. The Labute approximate surface area is 131 Å². The van der Waals surface area contributed by atoms with E-state index < -0.39 is 25.4 Å². The molecule has 0 aliphatic carbocycles. The molecule has 0 aliphatic heterocycles. The third kappa shape index (κ3) is 4.16. The molecule has 1 rings (SSSR count). The Hall–Kier alpha value is -1.16. The summed E-state index contributed by atoms with van der Waals surface area (Å²) in [5.41, 5.74) is 6.33. The fourth-order valence-electron chi connectivity index (χ4n) is 2.27. The first-order chi connectivity index (χ1) is 9.88. The molecule has 0 aliphatic rings. The number of methoxy groups -OCH3 is 1. The molecule has 1 amide bonds. The highest BCUT2D eigenvalue weighted by Gasteiger charge is 2.34. The van der Waals surface area contributed by atoms with Crippen molar-refractivity contribution in [2.24, 2.45) is 5.73 Å². The zero-order valence-electron chi connectivity index (χ0n) is 13.4. The molecule has 0 spiro atoms. The van der Waals surface area contributed by atoms with E-state index in [1.54, 1.807) is 19.2 Å². The summed E-state index contributed by atoms with van der Waals surface area (Å²) in [6, 6.07) is 5.25. The van der Waals surface area contributed by atoms with E-state index in [2.05, 4.69) is 26.9 Å². The Morgan fingerprint density at radius 3 is 2.24 bits per heavy atom. The summed E-state index contributed by atoms with van der Waals surface area (Å²) in [6.45, 7) is 8.29. The third-order valence-corrected chi connectivity index (χ3v) is 4.68. The van der Waals surface area contributed by atoms with Crippen LogP contribution in [0.2, 0.25) is 13.1 Å². The van der Waals surface area contributed by atoms with Crippen LogP contribution in [0.5, 0.6) is 5.75 Å². The smallest absolute Gasteiger partial charge is 0.248 e. The van der Waals surface area contributed by atoms with E-state index in [1.807, 2.05) is 6.07 Å². The highest BCUT2D eigenvalue weighted by atomic mass is 28.2. The first-order valence-corrected chi connectivity index (χ1v) is 11.1. The molecule has 0 atom stereocenters. The van der Waals surface area contributed by atoms with E-state index >= 15 is 0 Å². The van der Waals surface area contributed by atoms with E-state index in [9.17, 15) is 4.79 Å². The van der Waals surface area contributed by atoms with Gasteiger partial charge >= 0.3 is 0 Å². The Balaban J connectivity index is 3.24. The molecule has 0 saturated carbocycles. The number of benzene rings is 1. The number of primary amides is 1. The second kappa shape index (κ2) is 7.74. The molecule has 0 radical (unpaired) electrons. The van der Waals surface area contributed by atoms with Crippen LogP contribution >= 0.6 is 0 Å². The van der Waals surface area contributed by atoms with Crippen molar-refractivity contribution < 1.29 is 18.4 Å². The van der Waals surface area contributed by atoms with Gasteiger partial charge in [-0.1, -0.05) is 33.0 Å². The Morgan fingerprint density at radius 2 is 1.81 bits per heavy atom. The lowest BCUT2D eigenvalue weighted by atomic mass is 9.83. The van der Waals surface area contributed by atoms with Gasteiger partial charge in [0, 0.05) is 16.5 Å². The maximum absolute atomic E-state index is 11.3. The molecule has 2 N–H and O–H groups in total. The minimum Gasteiger partial charge on any atom is -0.496 e. The van der Waals surface area contributed by atoms with Crippen molar-refractivity contribution in [1.29, 1.82) is 0 Å². The van der Waals surface area contributed by atoms with Crippen molar-refractivity contribution in [1.82, 2.24) is 0 Å². The van der Waals surface area contributed by atoms with Crippen LogP contribution in [0.25, 0.3) is 0 Å². The van der Waals surface area contributed by atoms with Crippen LogP contribution in [-0.4, -0.2) is 38.8 Å². The van der Waals surface area contributed by atoms with Crippen molar-refractivity contribution in [2.45, 2.75) is 38.6 Å². The monoisotopic (exact) mass is 327 g/mol. The molecule has 0 heterocycles. The van der Waals surface area contributed by atoms with E-state index in [-0.39, 0.29) is 11.7 Å². The van der Waals surface area contributed by atoms with Gasteiger partial charge in [-0.3, -0.25) is 4.79 Å². The van der Waals surface area contributed by atoms with Gasteiger partial charge in [-0.15, -0.1) is 0 Å². The molecule has 7 heteroatoms. The van der Waals surface area contributed by atoms with Crippen molar-refractivity contribution >= 4 is 25.4 Å². The van der Waals surface area contributed by atoms with Crippen LogP contribution in [0.4, 0.5) is 0 Å². The quantitative estimate of drug-likeness (QED) is 0.563. The van der Waals surface area contributed by atoms with Gasteiger partial charge in [0.25, 0.3) is 0 Å². The number of hydrogen-bond donors (Lipinski definition) is 1. The van der Waals surface area contributed by atoms with Crippen LogP contribution in [0.3, 0.4) is 0 Å². The molecule has 1 aromatic rings. The van der Waals surface area contributed by atoms with E-state index in [1.165, 1.54) is 0 Å². The number of nitrogens with two attached hydrogens (primary N) is 1. The van der Waals surface area contributed by atoms with Crippen LogP contribution in [0.15, 0.2) is 18.2 Å². The van der Waals surface area contributed by atoms with Crippen molar-refractivity contribution in [2.75, 3.05) is 7.11 Å². The predicted molar refractivity (Wildman–Crippen MR) is 89.3 cm³/mol. The lowest BCUT2D eigenvalue weighted by molar-refractivity contribution is -0.0439. The molecule has 0 aromatic heterocycles.